The fourth-order valence-corrected chi connectivity index (χ4v) is 0.725. The summed E-state index contributed by atoms with van der Waals surface area (Å²) >= 11 is 0. The number of hydrogen-bond donors (Lipinski definition) is 2. The van der Waals surface area contributed by atoms with Gasteiger partial charge in [-0.05, 0) is 20.3 Å². The zero-order chi connectivity index (χ0) is 8.85. The Morgan fingerprint density at radius 1 is 1.27 bits per heavy atom. The molecule has 0 radical (unpaired) electrons. The first-order chi connectivity index (χ1) is 5.09. The van der Waals surface area contributed by atoms with Crippen molar-refractivity contribution in [2.45, 2.75) is 39.6 Å². The second kappa shape index (κ2) is 5.49. The maximum atomic E-state index is 9.05. The van der Waals surface area contributed by atoms with Gasteiger partial charge in [0.15, 0.2) is 0 Å². The molecule has 2 atom stereocenters. The minimum atomic E-state index is -0.776. The Morgan fingerprint density at radius 3 is 2.00 bits per heavy atom. The Hall–Kier alpha value is -0.160. The Morgan fingerprint density at radius 2 is 1.73 bits per heavy atom. The van der Waals surface area contributed by atoms with Crippen molar-refractivity contribution in [2.24, 2.45) is 0 Å². The van der Waals surface area contributed by atoms with Crippen LogP contribution in [-0.4, -0.2) is 34.3 Å². The highest BCUT2D eigenvalue weighted by Crippen LogP contribution is 2.01. The number of nitrogens with zero attached hydrogens (tertiary/aromatic N) is 1. The van der Waals surface area contributed by atoms with E-state index < -0.39 is 12.5 Å². The maximum Gasteiger partial charge on any atom is 0.130 e. The quantitative estimate of drug-likeness (QED) is 0.452. The molecule has 0 saturated heterocycles. The fraction of sp³-hybridized carbons (Fsp3) is 1.00. The molecule has 4 heteroatoms. The van der Waals surface area contributed by atoms with Crippen LogP contribution in [0.3, 0.4) is 0 Å². The first-order valence-corrected chi connectivity index (χ1v) is 3.87. The van der Waals surface area contributed by atoms with Crippen LogP contribution in [0.5, 0.6) is 0 Å². The summed E-state index contributed by atoms with van der Waals surface area (Å²) in [5, 5.41) is 19.3. The standard InChI is InChI=1S/C7H17NO3/c1-4-5-11-8(6(2)9)7(3)10/h6-7,9-10H,4-5H2,1-3H3. The van der Waals surface area contributed by atoms with E-state index in [1.165, 1.54) is 0 Å². The van der Waals surface area contributed by atoms with Gasteiger partial charge in [-0.3, -0.25) is 4.84 Å². The average molecular weight is 163 g/mol. The first kappa shape index (κ1) is 10.8. The highest BCUT2D eigenvalue weighted by molar-refractivity contribution is 4.45. The van der Waals surface area contributed by atoms with Gasteiger partial charge in [0.2, 0.25) is 0 Å². The lowest BCUT2D eigenvalue weighted by Gasteiger charge is -2.26. The third-order valence-electron chi connectivity index (χ3n) is 1.18. The predicted octanol–water partition coefficient (Wildman–Crippen LogP) is 0.307. The van der Waals surface area contributed by atoms with Crippen molar-refractivity contribution in [1.82, 2.24) is 5.06 Å². The van der Waals surface area contributed by atoms with E-state index in [0.29, 0.717) is 6.61 Å². The summed E-state index contributed by atoms with van der Waals surface area (Å²) in [5.74, 6) is 0. The molecule has 68 valence electrons. The van der Waals surface area contributed by atoms with E-state index in [4.69, 9.17) is 15.1 Å². The molecule has 0 heterocycles. The number of rotatable bonds is 5. The molecule has 0 rings (SSSR count). The van der Waals surface area contributed by atoms with E-state index in [2.05, 4.69) is 0 Å². The van der Waals surface area contributed by atoms with Gasteiger partial charge in [0.05, 0.1) is 6.61 Å². The predicted molar refractivity (Wildman–Crippen MR) is 41.4 cm³/mol. The fourth-order valence-electron chi connectivity index (χ4n) is 0.725. The molecule has 0 fully saturated rings. The number of hydrogen-bond acceptors (Lipinski definition) is 4. The van der Waals surface area contributed by atoms with Crippen molar-refractivity contribution in [3.05, 3.63) is 0 Å². The summed E-state index contributed by atoms with van der Waals surface area (Å²) in [7, 11) is 0. The monoisotopic (exact) mass is 163 g/mol. The van der Waals surface area contributed by atoms with E-state index in [9.17, 15) is 0 Å². The van der Waals surface area contributed by atoms with Gasteiger partial charge in [0.25, 0.3) is 0 Å². The molecule has 0 aliphatic rings. The van der Waals surface area contributed by atoms with Crippen LogP contribution in [0.2, 0.25) is 0 Å². The molecular weight excluding hydrogens is 146 g/mol. The van der Waals surface area contributed by atoms with Gasteiger partial charge >= 0.3 is 0 Å². The lowest BCUT2D eigenvalue weighted by Crippen LogP contribution is -2.40. The normalized spacial score (nSPS) is 16.9. The van der Waals surface area contributed by atoms with Gasteiger partial charge in [-0.15, -0.1) is 5.06 Å². The molecule has 0 aromatic heterocycles. The van der Waals surface area contributed by atoms with Crippen molar-refractivity contribution < 1.29 is 15.1 Å². The van der Waals surface area contributed by atoms with Crippen LogP contribution in [0.1, 0.15) is 27.2 Å². The van der Waals surface area contributed by atoms with Crippen molar-refractivity contribution >= 4 is 0 Å². The molecule has 0 saturated carbocycles. The van der Waals surface area contributed by atoms with Crippen molar-refractivity contribution in [1.29, 1.82) is 0 Å². The van der Waals surface area contributed by atoms with Crippen LogP contribution >= 0.6 is 0 Å². The Labute approximate surface area is 67.3 Å². The van der Waals surface area contributed by atoms with Crippen LogP contribution in [0.15, 0.2) is 0 Å². The van der Waals surface area contributed by atoms with Crippen molar-refractivity contribution in [2.75, 3.05) is 6.61 Å². The molecular formula is C7H17NO3. The van der Waals surface area contributed by atoms with Gasteiger partial charge in [-0.2, -0.15) is 0 Å². The number of hydroxylamine groups is 2. The molecule has 2 N–H and O–H groups in total. The average Bonchev–Trinajstić information content (AvgIpc) is 1.87. The van der Waals surface area contributed by atoms with E-state index in [-0.39, 0.29) is 0 Å². The SMILES string of the molecule is CCCON(C(C)O)C(C)O. The second-order valence-corrected chi connectivity index (χ2v) is 2.46. The molecule has 2 unspecified atom stereocenters. The van der Waals surface area contributed by atoms with Gasteiger partial charge in [-0.1, -0.05) is 6.92 Å². The first-order valence-electron chi connectivity index (χ1n) is 3.87. The summed E-state index contributed by atoms with van der Waals surface area (Å²) in [6.45, 7) is 5.56. The van der Waals surface area contributed by atoms with Crippen molar-refractivity contribution in [3.8, 4) is 0 Å². The highest BCUT2D eigenvalue weighted by Gasteiger charge is 2.15. The zero-order valence-corrected chi connectivity index (χ0v) is 7.32. The van der Waals surface area contributed by atoms with Gasteiger partial charge < -0.3 is 10.2 Å². The molecule has 0 aliphatic heterocycles. The van der Waals surface area contributed by atoms with E-state index >= 15 is 0 Å². The minimum absolute atomic E-state index is 0.510. The smallest absolute Gasteiger partial charge is 0.130 e. The summed E-state index contributed by atoms with van der Waals surface area (Å²) < 4.78 is 0. The summed E-state index contributed by atoms with van der Waals surface area (Å²) in [5.41, 5.74) is 0. The second-order valence-electron chi connectivity index (χ2n) is 2.46. The summed E-state index contributed by atoms with van der Waals surface area (Å²) in [6, 6.07) is 0. The molecule has 0 aromatic carbocycles. The Balaban J connectivity index is 3.70. The molecule has 0 bridgehead atoms. The minimum Gasteiger partial charge on any atom is -0.376 e. The van der Waals surface area contributed by atoms with Gasteiger partial charge in [0, 0.05) is 0 Å². The lowest BCUT2D eigenvalue weighted by atomic mass is 10.5. The molecule has 0 aliphatic carbocycles. The van der Waals surface area contributed by atoms with E-state index in [0.717, 1.165) is 11.5 Å². The Kier molecular flexibility index (Phi) is 5.41. The lowest BCUT2D eigenvalue weighted by molar-refractivity contribution is -0.292. The third kappa shape index (κ3) is 4.31. The number of aliphatic hydroxyl groups is 2. The zero-order valence-electron chi connectivity index (χ0n) is 7.32. The van der Waals surface area contributed by atoms with Crippen LogP contribution in [-0.2, 0) is 4.84 Å². The van der Waals surface area contributed by atoms with Crippen LogP contribution < -0.4 is 0 Å². The van der Waals surface area contributed by atoms with Gasteiger partial charge in [-0.25, -0.2) is 0 Å². The topological polar surface area (TPSA) is 52.9 Å². The van der Waals surface area contributed by atoms with E-state index in [1.54, 1.807) is 13.8 Å². The van der Waals surface area contributed by atoms with Crippen LogP contribution in [0.25, 0.3) is 0 Å². The van der Waals surface area contributed by atoms with E-state index in [1.807, 2.05) is 6.92 Å². The van der Waals surface area contributed by atoms with Crippen LogP contribution in [0.4, 0.5) is 0 Å². The summed E-state index contributed by atoms with van der Waals surface area (Å²) in [6.07, 6.45) is -0.696. The van der Waals surface area contributed by atoms with Crippen LogP contribution in [0, 0.1) is 0 Å². The Bertz CT molecular complexity index is 87.7. The third-order valence-corrected chi connectivity index (χ3v) is 1.18. The van der Waals surface area contributed by atoms with Gasteiger partial charge in [0.1, 0.15) is 12.5 Å². The largest absolute Gasteiger partial charge is 0.376 e. The molecule has 0 amide bonds. The number of aliphatic hydroxyl groups excluding tert-OH is 2. The van der Waals surface area contributed by atoms with Crippen molar-refractivity contribution in [3.63, 3.8) is 0 Å². The highest BCUT2D eigenvalue weighted by atomic mass is 16.7. The molecule has 11 heavy (non-hydrogen) atoms. The molecule has 0 spiro atoms. The molecule has 4 nitrogen and oxygen atoms in total. The summed E-state index contributed by atoms with van der Waals surface area (Å²) in [4.78, 5) is 5.05. The maximum absolute atomic E-state index is 9.05. The molecule has 0 aromatic rings.